The van der Waals surface area contributed by atoms with Crippen molar-refractivity contribution in [2.75, 3.05) is 18.1 Å². The Hall–Kier alpha value is -3.98. The van der Waals surface area contributed by atoms with Crippen LogP contribution >= 0.6 is 0 Å². The molecule has 0 saturated heterocycles. The van der Waals surface area contributed by atoms with E-state index in [2.05, 4.69) is 16.7 Å². The summed E-state index contributed by atoms with van der Waals surface area (Å²) < 4.78 is 62.7. The van der Waals surface area contributed by atoms with Gasteiger partial charge in [0.15, 0.2) is 5.76 Å². The van der Waals surface area contributed by atoms with Gasteiger partial charge in [-0.2, -0.15) is 5.26 Å². The third-order valence-corrected chi connectivity index (χ3v) is 9.97. The molecule has 0 aliphatic heterocycles. The number of alkyl halides is 2. The molecule has 2 fully saturated rings. The van der Waals surface area contributed by atoms with Crippen molar-refractivity contribution < 1.29 is 35.9 Å². The molecule has 5 rings (SSSR count). The van der Waals surface area contributed by atoms with Crippen LogP contribution < -0.4 is 15.4 Å². The first kappa shape index (κ1) is 30.5. The first-order valence-electron chi connectivity index (χ1n) is 14.3. The number of sulfone groups is 1. The lowest BCUT2D eigenvalue weighted by molar-refractivity contribution is -0.133. The average molecular weight is 614 g/mol. The zero-order chi connectivity index (χ0) is 30.9. The van der Waals surface area contributed by atoms with Gasteiger partial charge >= 0.3 is 0 Å². The molecule has 0 radical (unpaired) electrons. The minimum Gasteiger partial charge on any atom is -0.494 e. The standard InChI is InChI=1S/C31H33F2N3O6S/c1-2-43(39,40)17-3-16-41-24-8-6-21(7-9-24)22-4-5-23-19-26(42-25(23)18-22)27(37)35-30(12-14-31(32,33)15-13-30)28(38)36-29(20-34)10-11-29/h4-9,18-19H,2-3,10-17H2,1H3,(H,35,37)(H,36,38). The van der Waals surface area contributed by atoms with E-state index in [-0.39, 0.29) is 36.7 Å². The van der Waals surface area contributed by atoms with E-state index in [9.17, 15) is 32.0 Å². The minimum atomic E-state index is -3.03. The lowest BCUT2D eigenvalue weighted by Crippen LogP contribution is -2.62. The highest BCUT2D eigenvalue weighted by atomic mass is 32.2. The number of carbonyl (C=O) groups excluding carboxylic acids is 2. The normalized spacial score (nSPS) is 18.4. The summed E-state index contributed by atoms with van der Waals surface area (Å²) in [4.78, 5) is 26.5. The average Bonchev–Trinajstić information content (AvgIpc) is 3.63. The quantitative estimate of drug-likeness (QED) is 0.285. The van der Waals surface area contributed by atoms with Crippen LogP contribution in [0.3, 0.4) is 0 Å². The molecule has 9 nitrogen and oxygen atoms in total. The molecule has 0 bridgehead atoms. The molecule has 2 aliphatic carbocycles. The second-order valence-electron chi connectivity index (χ2n) is 11.4. The Bertz CT molecular complexity index is 1660. The predicted octanol–water partition coefficient (Wildman–Crippen LogP) is 5.15. The maximum Gasteiger partial charge on any atom is 0.287 e. The molecule has 0 atom stereocenters. The Morgan fingerprint density at radius 1 is 0.977 bits per heavy atom. The molecule has 0 unspecified atom stereocenters. The van der Waals surface area contributed by atoms with Crippen molar-refractivity contribution in [3.05, 3.63) is 54.3 Å². The van der Waals surface area contributed by atoms with E-state index in [1.54, 1.807) is 31.2 Å². The number of rotatable bonds is 11. The Morgan fingerprint density at radius 3 is 2.28 bits per heavy atom. The van der Waals surface area contributed by atoms with Crippen molar-refractivity contribution in [3.63, 3.8) is 0 Å². The largest absolute Gasteiger partial charge is 0.494 e. The van der Waals surface area contributed by atoms with Crippen LogP contribution in [0.2, 0.25) is 0 Å². The molecule has 2 N–H and O–H groups in total. The highest BCUT2D eigenvalue weighted by molar-refractivity contribution is 7.91. The molecule has 2 saturated carbocycles. The van der Waals surface area contributed by atoms with Gasteiger partial charge in [0, 0.05) is 24.0 Å². The number of nitrogens with one attached hydrogen (secondary N) is 2. The molecule has 12 heteroatoms. The van der Waals surface area contributed by atoms with E-state index in [1.165, 1.54) is 6.07 Å². The first-order valence-corrected chi connectivity index (χ1v) is 16.1. The lowest BCUT2D eigenvalue weighted by atomic mass is 9.78. The van der Waals surface area contributed by atoms with Crippen molar-refractivity contribution in [1.29, 1.82) is 5.26 Å². The molecule has 1 heterocycles. The third kappa shape index (κ3) is 6.99. The van der Waals surface area contributed by atoms with Crippen molar-refractivity contribution in [3.8, 4) is 22.9 Å². The van der Waals surface area contributed by atoms with Crippen LogP contribution in [0.5, 0.6) is 5.75 Å². The van der Waals surface area contributed by atoms with Crippen LogP contribution in [-0.4, -0.2) is 55.3 Å². The van der Waals surface area contributed by atoms with Gasteiger partial charge in [-0.15, -0.1) is 0 Å². The van der Waals surface area contributed by atoms with E-state index in [4.69, 9.17) is 9.15 Å². The number of nitriles is 1. The van der Waals surface area contributed by atoms with Crippen LogP contribution in [-0.2, 0) is 14.6 Å². The van der Waals surface area contributed by atoms with Gasteiger partial charge in [0.05, 0.1) is 18.4 Å². The maximum atomic E-state index is 14.0. The van der Waals surface area contributed by atoms with E-state index in [0.717, 1.165) is 11.1 Å². The molecular weight excluding hydrogens is 580 g/mol. The van der Waals surface area contributed by atoms with Gasteiger partial charge in [-0.3, -0.25) is 9.59 Å². The predicted molar refractivity (Wildman–Crippen MR) is 155 cm³/mol. The van der Waals surface area contributed by atoms with Gasteiger partial charge in [-0.1, -0.05) is 31.2 Å². The number of carbonyl (C=O) groups is 2. The van der Waals surface area contributed by atoms with Crippen LogP contribution in [0.4, 0.5) is 8.78 Å². The first-order chi connectivity index (χ1) is 20.4. The molecular formula is C31H33F2N3O6S. The number of fused-ring (bicyclic) bond motifs is 1. The van der Waals surface area contributed by atoms with Crippen molar-refractivity contribution >= 4 is 32.6 Å². The van der Waals surface area contributed by atoms with Gasteiger partial charge in [-0.05, 0) is 67.5 Å². The molecule has 2 aliphatic rings. The summed E-state index contributed by atoms with van der Waals surface area (Å²) >= 11 is 0. The number of nitrogens with zero attached hydrogens (tertiary/aromatic N) is 1. The van der Waals surface area contributed by atoms with Crippen LogP contribution in [0.15, 0.2) is 52.9 Å². The summed E-state index contributed by atoms with van der Waals surface area (Å²) in [5.74, 6) is -3.53. The smallest absolute Gasteiger partial charge is 0.287 e. The summed E-state index contributed by atoms with van der Waals surface area (Å²) in [5, 5.41) is 15.4. The molecule has 2 aromatic carbocycles. The molecule has 43 heavy (non-hydrogen) atoms. The summed E-state index contributed by atoms with van der Waals surface area (Å²) in [6.07, 6.45) is -0.294. The Balaban J connectivity index is 1.27. The topological polar surface area (TPSA) is 138 Å². The van der Waals surface area contributed by atoms with Gasteiger partial charge in [0.2, 0.25) is 11.8 Å². The Morgan fingerprint density at radius 2 is 1.65 bits per heavy atom. The molecule has 0 spiro atoms. The van der Waals surface area contributed by atoms with E-state index >= 15 is 0 Å². The fourth-order valence-corrected chi connectivity index (χ4v) is 5.98. The maximum absolute atomic E-state index is 14.0. The molecule has 3 aromatic rings. The SMILES string of the molecule is CCS(=O)(=O)CCCOc1ccc(-c2ccc3cc(C(=O)NC4(C(=O)NC5(C#N)CC5)CCC(F)(F)CC4)oc3c2)cc1. The molecule has 1 aromatic heterocycles. The van der Waals surface area contributed by atoms with Crippen molar-refractivity contribution in [2.24, 2.45) is 0 Å². The van der Waals surface area contributed by atoms with Crippen LogP contribution in [0.25, 0.3) is 22.1 Å². The zero-order valence-electron chi connectivity index (χ0n) is 23.8. The monoisotopic (exact) mass is 613 g/mol. The second kappa shape index (κ2) is 11.6. The van der Waals surface area contributed by atoms with E-state index in [1.807, 2.05) is 18.2 Å². The van der Waals surface area contributed by atoms with Crippen LogP contribution in [0.1, 0.15) is 62.4 Å². The fourth-order valence-electron chi connectivity index (χ4n) is 5.14. The number of hydrogen-bond donors (Lipinski definition) is 2. The van der Waals surface area contributed by atoms with Gasteiger partial charge in [-0.25, -0.2) is 17.2 Å². The van der Waals surface area contributed by atoms with Crippen molar-refractivity contribution in [1.82, 2.24) is 10.6 Å². The number of benzene rings is 2. The number of ether oxygens (including phenoxy) is 1. The summed E-state index contributed by atoms with van der Waals surface area (Å²) in [6.45, 7) is 1.90. The number of furan rings is 1. The molecule has 228 valence electrons. The number of halogens is 2. The van der Waals surface area contributed by atoms with Gasteiger partial charge in [0.1, 0.15) is 32.2 Å². The number of amides is 2. The molecule has 2 amide bonds. The zero-order valence-corrected chi connectivity index (χ0v) is 24.6. The summed E-state index contributed by atoms with van der Waals surface area (Å²) in [7, 11) is -3.03. The second-order valence-corrected chi connectivity index (χ2v) is 13.8. The van der Waals surface area contributed by atoms with Gasteiger partial charge in [0.25, 0.3) is 5.91 Å². The van der Waals surface area contributed by atoms with E-state index < -0.39 is 51.5 Å². The summed E-state index contributed by atoms with van der Waals surface area (Å²) in [5.41, 5.74) is -0.493. The van der Waals surface area contributed by atoms with E-state index in [0.29, 0.717) is 36.0 Å². The Labute approximate surface area is 248 Å². The fraction of sp³-hybridized carbons (Fsp3) is 0.452. The highest BCUT2D eigenvalue weighted by Crippen LogP contribution is 2.41. The van der Waals surface area contributed by atoms with Crippen molar-refractivity contribution in [2.45, 2.75) is 68.9 Å². The van der Waals surface area contributed by atoms with Crippen LogP contribution in [0, 0.1) is 11.3 Å². The highest BCUT2D eigenvalue weighted by Gasteiger charge is 2.53. The summed E-state index contributed by atoms with van der Waals surface area (Å²) in [6, 6.07) is 16.3. The lowest BCUT2D eigenvalue weighted by Gasteiger charge is -2.39. The third-order valence-electron chi connectivity index (χ3n) is 8.18. The Kier molecular flexibility index (Phi) is 8.22. The minimum absolute atomic E-state index is 0.0630. The number of hydrogen-bond acceptors (Lipinski definition) is 7. The van der Waals surface area contributed by atoms with Gasteiger partial charge < -0.3 is 19.8 Å².